The van der Waals surface area contributed by atoms with Crippen molar-refractivity contribution in [3.05, 3.63) is 69.8 Å². The van der Waals surface area contributed by atoms with Gasteiger partial charge in [-0.25, -0.2) is 8.42 Å². The van der Waals surface area contributed by atoms with Crippen LogP contribution in [0.4, 0.5) is 5.69 Å². The van der Waals surface area contributed by atoms with Gasteiger partial charge in [-0.1, -0.05) is 17.7 Å². The molecule has 0 radical (unpaired) electrons. The number of benzene rings is 2. The number of amides is 1. The van der Waals surface area contributed by atoms with Crippen molar-refractivity contribution in [3.63, 3.8) is 0 Å². The fourth-order valence-corrected chi connectivity index (χ4v) is 4.32. The zero-order valence-corrected chi connectivity index (χ0v) is 15.6. The first-order chi connectivity index (χ1) is 12.8. The van der Waals surface area contributed by atoms with Crippen molar-refractivity contribution >= 4 is 21.6 Å². The summed E-state index contributed by atoms with van der Waals surface area (Å²) in [6.45, 7) is 2.82. The van der Waals surface area contributed by atoms with E-state index in [0.717, 1.165) is 5.56 Å². The van der Waals surface area contributed by atoms with E-state index in [1.165, 1.54) is 28.6 Å². The van der Waals surface area contributed by atoms with Crippen LogP contribution >= 0.6 is 0 Å². The monoisotopic (exact) mass is 389 g/mol. The number of non-ortho nitro benzene ring substituents is 1. The van der Waals surface area contributed by atoms with Gasteiger partial charge in [0.1, 0.15) is 0 Å². The van der Waals surface area contributed by atoms with E-state index in [9.17, 15) is 23.3 Å². The fourth-order valence-electron chi connectivity index (χ4n) is 2.90. The van der Waals surface area contributed by atoms with Crippen molar-refractivity contribution in [2.75, 3.05) is 26.2 Å². The average molecular weight is 389 g/mol. The minimum absolute atomic E-state index is 0.0828. The van der Waals surface area contributed by atoms with E-state index in [2.05, 4.69) is 0 Å². The largest absolute Gasteiger partial charge is 0.336 e. The molecular weight excluding hydrogens is 370 g/mol. The first kappa shape index (κ1) is 19.0. The molecule has 0 saturated carbocycles. The number of nitrogens with zero attached hydrogens (tertiary/aromatic N) is 3. The topological polar surface area (TPSA) is 101 Å². The third kappa shape index (κ3) is 3.99. The molecule has 0 unspecified atom stereocenters. The molecule has 1 saturated heterocycles. The summed E-state index contributed by atoms with van der Waals surface area (Å²) in [5.74, 6) is -0.266. The molecule has 9 heteroatoms. The minimum atomic E-state index is -3.59. The Morgan fingerprint density at radius 2 is 1.52 bits per heavy atom. The van der Waals surface area contributed by atoms with Crippen LogP contribution in [0.25, 0.3) is 0 Å². The maximum absolute atomic E-state index is 12.7. The minimum Gasteiger partial charge on any atom is -0.336 e. The van der Waals surface area contributed by atoms with E-state index in [-0.39, 0.29) is 42.7 Å². The molecule has 0 aliphatic carbocycles. The molecule has 0 N–H and O–H groups in total. The molecule has 1 aliphatic heterocycles. The van der Waals surface area contributed by atoms with Gasteiger partial charge in [-0.05, 0) is 31.2 Å². The smallest absolute Gasteiger partial charge is 0.269 e. The van der Waals surface area contributed by atoms with Gasteiger partial charge in [0.05, 0.1) is 9.82 Å². The SMILES string of the molecule is Cc1ccc(S(=O)(=O)N2CCN(C(=O)c3ccc([N+](=O)[O-])cc3)CC2)cc1. The molecule has 2 aromatic carbocycles. The van der Waals surface area contributed by atoms with Gasteiger partial charge in [-0.3, -0.25) is 14.9 Å². The van der Waals surface area contributed by atoms with Gasteiger partial charge in [0.15, 0.2) is 0 Å². The van der Waals surface area contributed by atoms with Crippen molar-refractivity contribution in [2.24, 2.45) is 0 Å². The summed E-state index contributed by atoms with van der Waals surface area (Å²) in [7, 11) is -3.59. The predicted molar refractivity (Wildman–Crippen MR) is 98.9 cm³/mol. The van der Waals surface area contributed by atoms with E-state index in [0.29, 0.717) is 5.56 Å². The van der Waals surface area contributed by atoms with E-state index < -0.39 is 14.9 Å². The van der Waals surface area contributed by atoms with E-state index in [1.54, 1.807) is 29.2 Å². The Balaban J connectivity index is 1.66. The highest BCUT2D eigenvalue weighted by molar-refractivity contribution is 7.89. The Bertz CT molecular complexity index is 947. The molecule has 1 amide bonds. The number of hydrogen-bond donors (Lipinski definition) is 0. The Labute approximate surface area is 157 Å². The lowest BCUT2D eigenvalue weighted by atomic mass is 10.1. The molecule has 0 bridgehead atoms. The van der Waals surface area contributed by atoms with Crippen molar-refractivity contribution in [1.82, 2.24) is 9.21 Å². The Morgan fingerprint density at radius 1 is 0.963 bits per heavy atom. The zero-order valence-electron chi connectivity index (χ0n) is 14.7. The first-order valence-electron chi connectivity index (χ1n) is 8.39. The second kappa shape index (κ2) is 7.45. The van der Waals surface area contributed by atoms with Gasteiger partial charge < -0.3 is 4.90 Å². The second-order valence-corrected chi connectivity index (χ2v) is 8.25. The van der Waals surface area contributed by atoms with E-state index in [4.69, 9.17) is 0 Å². The quantitative estimate of drug-likeness (QED) is 0.588. The molecule has 1 aliphatic rings. The van der Waals surface area contributed by atoms with Crippen LogP contribution in [-0.2, 0) is 10.0 Å². The molecule has 27 heavy (non-hydrogen) atoms. The highest BCUT2D eigenvalue weighted by atomic mass is 32.2. The standard InChI is InChI=1S/C18H19N3O5S/c1-14-2-8-17(9-3-14)27(25,26)20-12-10-19(11-13-20)18(22)15-4-6-16(7-5-15)21(23)24/h2-9H,10-13H2,1H3. The first-order valence-corrected chi connectivity index (χ1v) is 9.83. The van der Waals surface area contributed by atoms with Gasteiger partial charge in [-0.2, -0.15) is 4.31 Å². The number of nitro groups is 1. The van der Waals surface area contributed by atoms with Crippen LogP contribution < -0.4 is 0 Å². The maximum atomic E-state index is 12.7. The number of nitro benzene ring substituents is 1. The van der Waals surface area contributed by atoms with Gasteiger partial charge >= 0.3 is 0 Å². The number of sulfonamides is 1. The highest BCUT2D eigenvalue weighted by Gasteiger charge is 2.30. The van der Waals surface area contributed by atoms with Gasteiger partial charge in [0.2, 0.25) is 10.0 Å². The number of carbonyl (C=O) groups excluding carboxylic acids is 1. The Morgan fingerprint density at radius 3 is 2.04 bits per heavy atom. The predicted octanol–water partition coefficient (Wildman–Crippen LogP) is 2.05. The average Bonchev–Trinajstić information content (AvgIpc) is 2.68. The molecule has 8 nitrogen and oxygen atoms in total. The van der Waals surface area contributed by atoms with Crippen LogP contribution in [0, 0.1) is 17.0 Å². The number of hydrogen-bond acceptors (Lipinski definition) is 5. The normalized spacial score (nSPS) is 15.5. The second-order valence-electron chi connectivity index (χ2n) is 6.31. The van der Waals surface area contributed by atoms with Crippen LogP contribution in [-0.4, -0.2) is 54.6 Å². The lowest BCUT2D eigenvalue weighted by molar-refractivity contribution is -0.384. The van der Waals surface area contributed by atoms with Crippen molar-refractivity contribution < 1.29 is 18.1 Å². The van der Waals surface area contributed by atoms with Gasteiger partial charge in [0, 0.05) is 43.9 Å². The number of aryl methyl sites for hydroxylation is 1. The lowest BCUT2D eigenvalue weighted by Crippen LogP contribution is -2.50. The summed E-state index contributed by atoms with van der Waals surface area (Å²) in [4.78, 5) is 24.5. The molecule has 1 fully saturated rings. The fraction of sp³-hybridized carbons (Fsp3) is 0.278. The van der Waals surface area contributed by atoms with Crippen LogP contribution in [0.2, 0.25) is 0 Å². The van der Waals surface area contributed by atoms with Crippen molar-refractivity contribution in [1.29, 1.82) is 0 Å². The summed E-state index contributed by atoms with van der Waals surface area (Å²) in [5, 5.41) is 10.7. The molecule has 1 heterocycles. The number of carbonyl (C=O) groups is 1. The number of piperazine rings is 1. The molecular formula is C18H19N3O5S. The van der Waals surface area contributed by atoms with Crippen LogP contribution in [0.1, 0.15) is 15.9 Å². The molecule has 0 aromatic heterocycles. The molecule has 0 spiro atoms. The summed E-state index contributed by atoms with van der Waals surface area (Å²) in [6, 6.07) is 12.1. The zero-order chi connectivity index (χ0) is 19.6. The van der Waals surface area contributed by atoms with Crippen molar-refractivity contribution in [2.45, 2.75) is 11.8 Å². The third-order valence-electron chi connectivity index (χ3n) is 4.51. The van der Waals surface area contributed by atoms with E-state index >= 15 is 0 Å². The lowest BCUT2D eigenvalue weighted by Gasteiger charge is -2.34. The van der Waals surface area contributed by atoms with E-state index in [1.807, 2.05) is 6.92 Å². The molecule has 2 aromatic rings. The van der Waals surface area contributed by atoms with Crippen LogP contribution in [0.5, 0.6) is 0 Å². The molecule has 0 atom stereocenters. The highest BCUT2D eigenvalue weighted by Crippen LogP contribution is 2.20. The summed E-state index contributed by atoms with van der Waals surface area (Å²) in [6.07, 6.45) is 0. The number of rotatable bonds is 4. The van der Waals surface area contributed by atoms with Gasteiger partial charge in [0.25, 0.3) is 11.6 Å². The molecule has 3 rings (SSSR count). The summed E-state index contributed by atoms with van der Waals surface area (Å²) >= 11 is 0. The van der Waals surface area contributed by atoms with Crippen molar-refractivity contribution in [3.8, 4) is 0 Å². The Kier molecular flexibility index (Phi) is 5.24. The Hall–Kier alpha value is -2.78. The van der Waals surface area contributed by atoms with Crippen LogP contribution in [0.3, 0.4) is 0 Å². The maximum Gasteiger partial charge on any atom is 0.269 e. The van der Waals surface area contributed by atoms with Crippen LogP contribution in [0.15, 0.2) is 53.4 Å². The molecule has 142 valence electrons. The third-order valence-corrected chi connectivity index (χ3v) is 6.42. The van der Waals surface area contributed by atoms with Gasteiger partial charge in [-0.15, -0.1) is 0 Å². The summed E-state index contributed by atoms with van der Waals surface area (Å²) < 4.78 is 26.8. The summed E-state index contributed by atoms with van der Waals surface area (Å²) in [5.41, 5.74) is 1.24.